The molecule has 160 valence electrons. The first-order valence-electron chi connectivity index (χ1n) is 10.1. The first-order valence-corrected chi connectivity index (χ1v) is 11.4. The third kappa shape index (κ3) is 3.94. The third-order valence-electron chi connectivity index (χ3n) is 7.63. The van der Waals surface area contributed by atoms with E-state index in [2.05, 4.69) is 27.4 Å². The Balaban J connectivity index is 2.10. The molecule has 1 unspecified atom stereocenters. The molecule has 1 aromatic carbocycles. The molecule has 0 bridgehead atoms. The largest absolute Gasteiger partial charge is 0.504 e. The number of allylic oxidation sites excluding steroid dienone is 1. The summed E-state index contributed by atoms with van der Waals surface area (Å²) in [5.41, 5.74) is 1.68. The van der Waals surface area contributed by atoms with Crippen molar-refractivity contribution >= 4 is 16.7 Å². The van der Waals surface area contributed by atoms with Crippen LogP contribution in [-0.4, -0.2) is 24.4 Å². The molecule has 2 aliphatic carbocycles. The molecule has 3 rings (SSSR count). The second-order valence-electron chi connectivity index (χ2n) is 9.25. The number of aromatic hydroxyl groups is 1. The molecular formula is C22H30O6S. The van der Waals surface area contributed by atoms with Gasteiger partial charge in [0, 0.05) is 11.1 Å². The molecule has 0 amide bonds. The van der Waals surface area contributed by atoms with Crippen molar-refractivity contribution in [3.8, 4) is 11.5 Å². The standard InChI is InChI=1S/C22H30O6S/c1-14-6-5-7-19-21(14,3)9-8-15(2)22(19,4)12-17-10-16(13-23)11-18(24)20(17)28-29(25,26)27/h10-11,13,15,19,24H,1,5-9,12H2,2-4H3,(H,25,26,27)/t15-,19?,21+,22-/m0/s1. The quantitative estimate of drug-likeness (QED) is 0.404. The molecule has 0 aromatic heterocycles. The lowest BCUT2D eigenvalue weighted by molar-refractivity contribution is -0.0490. The molecule has 7 heteroatoms. The number of phenolic OH excluding ortho intramolecular Hbond substituents is 1. The van der Waals surface area contributed by atoms with Crippen molar-refractivity contribution in [1.82, 2.24) is 0 Å². The van der Waals surface area contributed by atoms with Crippen LogP contribution in [0.1, 0.15) is 68.8 Å². The number of benzene rings is 1. The molecule has 4 atom stereocenters. The van der Waals surface area contributed by atoms with Crippen molar-refractivity contribution in [1.29, 1.82) is 0 Å². The zero-order chi connectivity index (χ0) is 21.6. The van der Waals surface area contributed by atoms with Crippen LogP contribution in [0.15, 0.2) is 24.3 Å². The molecule has 0 spiro atoms. The maximum atomic E-state index is 11.4. The molecular weight excluding hydrogens is 392 g/mol. The minimum absolute atomic E-state index is 0.00784. The molecule has 29 heavy (non-hydrogen) atoms. The lowest BCUT2D eigenvalue weighted by atomic mass is 9.46. The maximum absolute atomic E-state index is 11.4. The predicted octanol–water partition coefficient (Wildman–Crippen LogP) is 4.73. The van der Waals surface area contributed by atoms with Gasteiger partial charge in [-0.3, -0.25) is 9.35 Å². The Kier molecular flexibility index (Phi) is 5.60. The van der Waals surface area contributed by atoms with E-state index in [-0.39, 0.29) is 22.1 Å². The Hall–Kier alpha value is -1.86. The van der Waals surface area contributed by atoms with E-state index < -0.39 is 16.1 Å². The van der Waals surface area contributed by atoms with Crippen LogP contribution < -0.4 is 4.18 Å². The van der Waals surface area contributed by atoms with Gasteiger partial charge in [0.05, 0.1) is 0 Å². The Morgan fingerprint density at radius 3 is 2.62 bits per heavy atom. The number of hydrogen-bond donors (Lipinski definition) is 2. The Labute approximate surface area is 172 Å². The highest BCUT2D eigenvalue weighted by atomic mass is 32.3. The first-order chi connectivity index (χ1) is 13.4. The smallest absolute Gasteiger partial charge is 0.446 e. The molecule has 0 aliphatic heterocycles. The number of phenols is 1. The Morgan fingerprint density at radius 2 is 2.00 bits per heavy atom. The summed E-state index contributed by atoms with van der Waals surface area (Å²) < 4.78 is 36.6. The van der Waals surface area contributed by atoms with Crippen LogP contribution in [-0.2, 0) is 16.8 Å². The minimum atomic E-state index is -4.82. The van der Waals surface area contributed by atoms with Gasteiger partial charge in [0.25, 0.3) is 0 Å². The molecule has 2 N–H and O–H groups in total. The average Bonchev–Trinajstić information content (AvgIpc) is 2.62. The number of aldehydes is 1. The monoisotopic (exact) mass is 422 g/mol. The first kappa shape index (κ1) is 21.8. The lowest BCUT2D eigenvalue weighted by Crippen LogP contribution is -2.51. The predicted molar refractivity (Wildman–Crippen MR) is 110 cm³/mol. The zero-order valence-corrected chi connectivity index (χ0v) is 18.1. The average molecular weight is 423 g/mol. The van der Waals surface area contributed by atoms with E-state index in [1.165, 1.54) is 11.6 Å². The molecule has 2 aliphatic rings. The number of carbonyl (C=O) groups excluding carboxylic acids is 1. The van der Waals surface area contributed by atoms with Crippen LogP contribution in [0.4, 0.5) is 0 Å². The Morgan fingerprint density at radius 1 is 1.31 bits per heavy atom. The molecule has 1 aromatic rings. The van der Waals surface area contributed by atoms with Crippen molar-refractivity contribution in [2.45, 2.75) is 59.3 Å². The van der Waals surface area contributed by atoms with E-state index in [1.807, 2.05) is 0 Å². The van der Waals surface area contributed by atoms with Gasteiger partial charge in [-0.1, -0.05) is 32.9 Å². The van der Waals surface area contributed by atoms with Crippen LogP contribution in [0.3, 0.4) is 0 Å². The number of fused-ring (bicyclic) bond motifs is 1. The minimum Gasteiger partial charge on any atom is -0.504 e. The fourth-order valence-corrected chi connectivity index (χ4v) is 6.18. The van der Waals surface area contributed by atoms with Crippen LogP contribution in [0.5, 0.6) is 11.5 Å². The second kappa shape index (κ2) is 7.43. The summed E-state index contributed by atoms with van der Waals surface area (Å²) in [6, 6.07) is 2.67. The Bertz CT molecular complexity index is 937. The molecule has 2 fully saturated rings. The summed E-state index contributed by atoms with van der Waals surface area (Å²) >= 11 is 0. The van der Waals surface area contributed by atoms with Gasteiger partial charge in [0.2, 0.25) is 0 Å². The van der Waals surface area contributed by atoms with Crippen molar-refractivity contribution in [3.63, 3.8) is 0 Å². The van der Waals surface area contributed by atoms with Gasteiger partial charge < -0.3 is 9.29 Å². The van der Waals surface area contributed by atoms with Crippen molar-refractivity contribution in [2.24, 2.45) is 22.7 Å². The molecule has 0 heterocycles. The SMILES string of the molecule is C=C1CCCC2[C@]1(C)CC[C@H](C)[C@]2(C)Cc1cc(C=O)cc(O)c1OS(=O)(=O)O. The van der Waals surface area contributed by atoms with Crippen molar-refractivity contribution in [2.75, 3.05) is 0 Å². The maximum Gasteiger partial charge on any atom is 0.446 e. The van der Waals surface area contributed by atoms with Gasteiger partial charge in [-0.15, -0.1) is 0 Å². The number of rotatable bonds is 5. The summed E-state index contributed by atoms with van der Waals surface area (Å²) in [5.74, 6) is -0.119. The van der Waals surface area contributed by atoms with Gasteiger partial charge in [-0.2, -0.15) is 8.42 Å². The van der Waals surface area contributed by atoms with Gasteiger partial charge in [0.1, 0.15) is 6.29 Å². The van der Waals surface area contributed by atoms with E-state index in [4.69, 9.17) is 4.18 Å². The lowest BCUT2D eigenvalue weighted by Gasteiger charge is -2.59. The van der Waals surface area contributed by atoms with Crippen LogP contribution in [0, 0.1) is 22.7 Å². The highest BCUT2D eigenvalue weighted by Crippen LogP contribution is 2.62. The van der Waals surface area contributed by atoms with Crippen molar-refractivity contribution < 1.29 is 27.1 Å². The normalized spacial score (nSPS) is 32.5. The summed E-state index contributed by atoms with van der Waals surface area (Å²) in [6.07, 6.45) is 6.23. The van der Waals surface area contributed by atoms with Gasteiger partial charge >= 0.3 is 10.4 Å². The second-order valence-corrected chi connectivity index (χ2v) is 10.3. The number of hydrogen-bond acceptors (Lipinski definition) is 5. The van der Waals surface area contributed by atoms with E-state index in [9.17, 15) is 22.9 Å². The van der Waals surface area contributed by atoms with Gasteiger partial charge in [-0.05, 0) is 73.3 Å². The highest BCUT2D eigenvalue weighted by Gasteiger charge is 2.54. The zero-order valence-electron chi connectivity index (χ0n) is 17.3. The van der Waals surface area contributed by atoms with Gasteiger partial charge in [-0.25, -0.2) is 0 Å². The summed E-state index contributed by atoms with van der Waals surface area (Å²) in [4.78, 5) is 11.3. The summed E-state index contributed by atoms with van der Waals surface area (Å²) in [7, 11) is -4.82. The summed E-state index contributed by atoms with van der Waals surface area (Å²) in [6.45, 7) is 11.0. The molecule has 0 radical (unpaired) electrons. The van der Waals surface area contributed by atoms with Crippen LogP contribution >= 0.6 is 0 Å². The molecule has 2 saturated carbocycles. The molecule has 6 nitrogen and oxygen atoms in total. The highest BCUT2D eigenvalue weighted by molar-refractivity contribution is 7.81. The van der Waals surface area contributed by atoms with E-state index in [1.54, 1.807) is 0 Å². The van der Waals surface area contributed by atoms with E-state index >= 15 is 0 Å². The van der Waals surface area contributed by atoms with Crippen LogP contribution in [0.2, 0.25) is 0 Å². The third-order valence-corrected chi connectivity index (χ3v) is 8.01. The van der Waals surface area contributed by atoms with Crippen molar-refractivity contribution in [3.05, 3.63) is 35.4 Å². The molecule has 0 saturated heterocycles. The van der Waals surface area contributed by atoms with Gasteiger partial charge in [0.15, 0.2) is 11.5 Å². The fraction of sp³-hybridized carbons (Fsp3) is 0.591. The van der Waals surface area contributed by atoms with Crippen LogP contribution in [0.25, 0.3) is 0 Å². The van der Waals surface area contributed by atoms with E-state index in [0.717, 1.165) is 38.2 Å². The summed E-state index contributed by atoms with van der Waals surface area (Å²) in [5, 5.41) is 10.3. The van der Waals surface area contributed by atoms with E-state index in [0.29, 0.717) is 30.1 Å². The topological polar surface area (TPSA) is 101 Å². The fourth-order valence-electron chi connectivity index (χ4n) is 5.77. The number of carbonyl (C=O) groups is 1.